The van der Waals surface area contributed by atoms with E-state index in [9.17, 15) is 9.59 Å². The van der Waals surface area contributed by atoms with Crippen LogP contribution in [0.3, 0.4) is 0 Å². The molecule has 4 rings (SSSR count). The van der Waals surface area contributed by atoms with Crippen LogP contribution in [0.2, 0.25) is 0 Å². The van der Waals surface area contributed by atoms with Gasteiger partial charge >= 0.3 is 0 Å². The number of rotatable bonds is 8. The second-order valence-electron chi connectivity index (χ2n) is 8.77. The molecule has 0 spiro atoms. The molecule has 0 saturated heterocycles. The van der Waals surface area contributed by atoms with Gasteiger partial charge in [0.25, 0.3) is 5.56 Å². The van der Waals surface area contributed by atoms with Gasteiger partial charge in [0.2, 0.25) is 5.91 Å². The number of benzene rings is 1. The number of methoxy groups -OCH3 is 1. The fourth-order valence-corrected chi connectivity index (χ4v) is 6.49. The van der Waals surface area contributed by atoms with Gasteiger partial charge in [-0.1, -0.05) is 43.8 Å². The molecule has 0 radical (unpaired) electrons. The minimum atomic E-state index is -0.102. The zero-order valence-electron chi connectivity index (χ0n) is 19.7. The van der Waals surface area contributed by atoms with E-state index in [0.717, 1.165) is 52.7 Å². The van der Waals surface area contributed by atoms with Crippen LogP contribution in [0, 0.1) is 6.92 Å². The van der Waals surface area contributed by atoms with E-state index < -0.39 is 0 Å². The first-order valence-corrected chi connectivity index (χ1v) is 13.3. The molecule has 1 aromatic carbocycles. The number of aryl methyl sites for hydroxylation is 3. The van der Waals surface area contributed by atoms with Gasteiger partial charge in [-0.25, -0.2) is 4.98 Å². The monoisotopic (exact) mass is 485 g/mol. The molecule has 0 atom stereocenters. The van der Waals surface area contributed by atoms with Crippen LogP contribution >= 0.6 is 23.1 Å². The van der Waals surface area contributed by atoms with Gasteiger partial charge in [0, 0.05) is 17.7 Å². The highest BCUT2D eigenvalue weighted by Crippen LogP contribution is 2.35. The highest BCUT2D eigenvalue weighted by Gasteiger charge is 2.23. The lowest BCUT2D eigenvalue weighted by Crippen LogP contribution is -2.26. The van der Waals surface area contributed by atoms with Crippen molar-refractivity contribution in [2.24, 2.45) is 0 Å². The fourth-order valence-electron chi connectivity index (χ4n) is 4.36. The van der Waals surface area contributed by atoms with E-state index >= 15 is 0 Å². The van der Waals surface area contributed by atoms with E-state index in [0.29, 0.717) is 24.2 Å². The first-order chi connectivity index (χ1) is 15.9. The molecule has 0 saturated carbocycles. The van der Waals surface area contributed by atoms with E-state index in [2.05, 4.69) is 25.2 Å². The molecule has 1 N–H and O–H groups in total. The number of hydrogen-bond acceptors (Lipinski definition) is 6. The van der Waals surface area contributed by atoms with Crippen molar-refractivity contribution in [3.8, 4) is 0 Å². The standard InChI is InChI=1S/C25H31N3O3S2/c1-15(2)17-10-7-8-16(3)22(17)26-20(29)14-32-25-27-23-21(24(30)28(25)12-13-31-4)18-9-5-6-11-19(18)33-23/h7-8,10,15H,5-6,9,11-14H2,1-4H3,(H,26,29). The molecule has 6 nitrogen and oxygen atoms in total. The van der Waals surface area contributed by atoms with Crippen LogP contribution in [0.5, 0.6) is 0 Å². The smallest absolute Gasteiger partial charge is 0.263 e. The molecule has 1 aliphatic carbocycles. The van der Waals surface area contributed by atoms with Crippen molar-refractivity contribution in [2.45, 2.75) is 64.1 Å². The summed E-state index contributed by atoms with van der Waals surface area (Å²) < 4.78 is 6.92. The quantitative estimate of drug-likeness (QED) is 0.353. The average Bonchev–Trinajstić information content (AvgIpc) is 3.17. The second kappa shape index (κ2) is 10.4. The number of para-hydroxylation sites is 1. The average molecular weight is 486 g/mol. The van der Waals surface area contributed by atoms with E-state index in [1.165, 1.54) is 22.2 Å². The van der Waals surface area contributed by atoms with Gasteiger partial charge in [-0.15, -0.1) is 11.3 Å². The van der Waals surface area contributed by atoms with Gasteiger partial charge in [-0.3, -0.25) is 14.2 Å². The van der Waals surface area contributed by atoms with Gasteiger partial charge in [-0.2, -0.15) is 0 Å². The summed E-state index contributed by atoms with van der Waals surface area (Å²) >= 11 is 2.95. The maximum Gasteiger partial charge on any atom is 0.263 e. The predicted octanol–water partition coefficient (Wildman–Crippen LogP) is 5.15. The molecule has 1 amide bonds. The minimum Gasteiger partial charge on any atom is -0.383 e. The molecular weight excluding hydrogens is 454 g/mol. The summed E-state index contributed by atoms with van der Waals surface area (Å²) in [7, 11) is 1.62. The predicted molar refractivity (Wildman–Crippen MR) is 137 cm³/mol. The van der Waals surface area contributed by atoms with E-state index in [4.69, 9.17) is 9.72 Å². The Morgan fingerprint density at radius 1 is 1.30 bits per heavy atom. The van der Waals surface area contributed by atoms with Crippen LogP contribution in [-0.4, -0.2) is 34.9 Å². The zero-order chi connectivity index (χ0) is 23.5. The molecule has 8 heteroatoms. The van der Waals surface area contributed by atoms with Crippen molar-refractivity contribution in [3.63, 3.8) is 0 Å². The summed E-state index contributed by atoms with van der Waals surface area (Å²) in [5, 5.41) is 4.43. The number of thiophene rings is 1. The van der Waals surface area contributed by atoms with E-state index in [-0.39, 0.29) is 17.2 Å². The molecule has 3 aromatic rings. The Morgan fingerprint density at radius 3 is 2.85 bits per heavy atom. The number of fused-ring (bicyclic) bond motifs is 3. The van der Waals surface area contributed by atoms with E-state index in [1.54, 1.807) is 23.0 Å². The Bertz CT molecular complexity index is 1230. The number of nitrogens with one attached hydrogen (secondary N) is 1. The minimum absolute atomic E-state index is 0.0136. The number of amides is 1. The van der Waals surface area contributed by atoms with Crippen LogP contribution in [-0.2, 0) is 28.9 Å². The summed E-state index contributed by atoms with van der Waals surface area (Å²) in [5.41, 5.74) is 4.21. The number of carbonyl (C=O) groups excluding carboxylic acids is 1. The van der Waals surface area contributed by atoms with Gasteiger partial charge in [0.05, 0.1) is 24.3 Å². The normalized spacial score (nSPS) is 13.5. The van der Waals surface area contributed by atoms with Gasteiger partial charge in [0.1, 0.15) is 4.83 Å². The lowest BCUT2D eigenvalue weighted by molar-refractivity contribution is -0.113. The van der Waals surface area contributed by atoms with Crippen molar-refractivity contribution < 1.29 is 9.53 Å². The molecular formula is C25H31N3O3S2. The highest BCUT2D eigenvalue weighted by molar-refractivity contribution is 7.99. The van der Waals surface area contributed by atoms with E-state index in [1.807, 2.05) is 19.1 Å². The number of ether oxygens (including phenoxy) is 1. The molecule has 2 heterocycles. The van der Waals surface area contributed by atoms with Crippen LogP contribution in [0.4, 0.5) is 5.69 Å². The number of thioether (sulfide) groups is 1. The first kappa shape index (κ1) is 24.0. The SMILES string of the molecule is COCCn1c(SCC(=O)Nc2c(C)cccc2C(C)C)nc2sc3c(c2c1=O)CCCC3. The molecule has 1 aliphatic rings. The lowest BCUT2D eigenvalue weighted by Gasteiger charge is -2.17. The van der Waals surface area contributed by atoms with Crippen LogP contribution < -0.4 is 10.9 Å². The number of anilines is 1. The molecule has 0 bridgehead atoms. The molecule has 2 aromatic heterocycles. The summed E-state index contributed by atoms with van der Waals surface area (Å²) in [6, 6.07) is 6.07. The Hall–Kier alpha value is -2.16. The Morgan fingerprint density at radius 2 is 2.09 bits per heavy atom. The summed E-state index contributed by atoms with van der Waals surface area (Å²) in [5.74, 6) is 0.386. The van der Waals surface area contributed by atoms with Crippen LogP contribution in [0.15, 0.2) is 28.2 Å². The second-order valence-corrected chi connectivity index (χ2v) is 10.8. The summed E-state index contributed by atoms with van der Waals surface area (Å²) in [6.07, 6.45) is 4.24. The van der Waals surface area contributed by atoms with Crippen molar-refractivity contribution in [1.82, 2.24) is 9.55 Å². The molecule has 0 fully saturated rings. The van der Waals surface area contributed by atoms with Gasteiger partial charge in [-0.05, 0) is 55.2 Å². The van der Waals surface area contributed by atoms with Crippen molar-refractivity contribution in [1.29, 1.82) is 0 Å². The largest absolute Gasteiger partial charge is 0.383 e. The number of carbonyl (C=O) groups is 1. The fraction of sp³-hybridized carbons (Fsp3) is 0.480. The third kappa shape index (κ3) is 5.03. The molecule has 0 unspecified atom stereocenters. The summed E-state index contributed by atoms with van der Waals surface area (Å²) in [6.45, 7) is 7.08. The van der Waals surface area contributed by atoms with Crippen molar-refractivity contribution in [3.05, 3.63) is 50.1 Å². The number of hydrogen-bond donors (Lipinski definition) is 1. The Balaban J connectivity index is 1.61. The van der Waals surface area contributed by atoms with Gasteiger partial charge < -0.3 is 10.1 Å². The first-order valence-electron chi connectivity index (χ1n) is 11.5. The lowest BCUT2D eigenvalue weighted by atomic mass is 9.97. The van der Waals surface area contributed by atoms with Crippen molar-refractivity contribution >= 4 is 44.9 Å². The van der Waals surface area contributed by atoms with Crippen LogP contribution in [0.1, 0.15) is 54.2 Å². The Kier molecular flexibility index (Phi) is 7.56. The van der Waals surface area contributed by atoms with Gasteiger partial charge in [0.15, 0.2) is 5.16 Å². The third-order valence-corrected chi connectivity index (χ3v) is 8.24. The van der Waals surface area contributed by atoms with Crippen LogP contribution in [0.25, 0.3) is 10.2 Å². The maximum atomic E-state index is 13.4. The Labute approximate surface area is 202 Å². The summed E-state index contributed by atoms with van der Waals surface area (Å²) in [4.78, 5) is 33.3. The molecule has 33 heavy (non-hydrogen) atoms. The molecule has 0 aliphatic heterocycles. The topological polar surface area (TPSA) is 73.2 Å². The number of aromatic nitrogens is 2. The van der Waals surface area contributed by atoms with Crippen molar-refractivity contribution in [2.75, 3.05) is 24.8 Å². The number of nitrogens with zero attached hydrogens (tertiary/aromatic N) is 2. The maximum absolute atomic E-state index is 13.4. The molecule has 176 valence electrons. The third-order valence-electron chi connectivity index (χ3n) is 6.08. The highest BCUT2D eigenvalue weighted by atomic mass is 32.2. The zero-order valence-corrected chi connectivity index (χ0v) is 21.3.